The second kappa shape index (κ2) is 3.80. The summed E-state index contributed by atoms with van der Waals surface area (Å²) < 4.78 is 15.0. The average molecular weight is 160 g/mol. The highest BCUT2D eigenvalue weighted by atomic mass is 16.8. The van der Waals surface area contributed by atoms with E-state index in [-0.39, 0.29) is 12.2 Å². The first-order chi connectivity index (χ1) is 5.31. The Balaban J connectivity index is 2.47. The lowest BCUT2D eigenvalue weighted by Gasteiger charge is -2.11. The molecule has 1 saturated heterocycles. The number of hydrogen-bond acceptors (Lipinski definition) is 4. The van der Waals surface area contributed by atoms with Crippen molar-refractivity contribution in [1.82, 2.24) is 0 Å². The molecule has 0 bridgehead atoms. The molecule has 0 aromatic heterocycles. The van der Waals surface area contributed by atoms with Crippen molar-refractivity contribution in [2.24, 2.45) is 5.92 Å². The maximum Gasteiger partial charge on any atom is 0.169 e. The van der Waals surface area contributed by atoms with E-state index in [0.717, 1.165) is 6.29 Å². The molecule has 1 rings (SSSR count). The molecule has 0 unspecified atom stereocenters. The standard InChI is InChI=1S/C7H12O4/c1-9-6-3-5(4-8)7(10-2)11-6/h4-7H,3H2,1-2H3/t5-,6+,7+/m1/s1. The van der Waals surface area contributed by atoms with Gasteiger partial charge in [-0.3, -0.25) is 0 Å². The first-order valence-corrected chi connectivity index (χ1v) is 3.48. The number of aldehydes is 1. The fourth-order valence-corrected chi connectivity index (χ4v) is 1.14. The van der Waals surface area contributed by atoms with E-state index < -0.39 is 6.29 Å². The van der Waals surface area contributed by atoms with Gasteiger partial charge < -0.3 is 19.0 Å². The van der Waals surface area contributed by atoms with Gasteiger partial charge in [-0.1, -0.05) is 0 Å². The molecule has 0 amide bonds. The van der Waals surface area contributed by atoms with Gasteiger partial charge in [0.25, 0.3) is 0 Å². The number of hydrogen-bond donors (Lipinski definition) is 0. The van der Waals surface area contributed by atoms with Crippen molar-refractivity contribution in [3.63, 3.8) is 0 Å². The molecule has 3 atom stereocenters. The first kappa shape index (κ1) is 8.64. The van der Waals surface area contributed by atoms with Gasteiger partial charge in [0, 0.05) is 20.6 Å². The van der Waals surface area contributed by atoms with Crippen LogP contribution in [0, 0.1) is 5.92 Å². The number of rotatable bonds is 3. The Bertz CT molecular complexity index is 136. The van der Waals surface area contributed by atoms with Gasteiger partial charge in [0.05, 0.1) is 5.92 Å². The predicted molar refractivity (Wildman–Crippen MR) is 36.9 cm³/mol. The smallest absolute Gasteiger partial charge is 0.169 e. The molecule has 4 heteroatoms. The average Bonchev–Trinajstić information content (AvgIpc) is 2.46. The van der Waals surface area contributed by atoms with Gasteiger partial charge in [-0.25, -0.2) is 0 Å². The molecule has 1 aliphatic rings. The predicted octanol–water partition coefficient (Wildman–Crippen LogP) is 0.167. The maximum atomic E-state index is 10.4. The molecule has 4 nitrogen and oxygen atoms in total. The van der Waals surface area contributed by atoms with Gasteiger partial charge >= 0.3 is 0 Å². The zero-order valence-electron chi connectivity index (χ0n) is 6.65. The minimum absolute atomic E-state index is 0.190. The molecule has 1 fully saturated rings. The Morgan fingerprint density at radius 2 is 2.18 bits per heavy atom. The van der Waals surface area contributed by atoms with Crippen LogP contribution >= 0.6 is 0 Å². The zero-order chi connectivity index (χ0) is 8.27. The number of carbonyl (C=O) groups excluding carboxylic acids is 1. The molecular weight excluding hydrogens is 148 g/mol. The van der Waals surface area contributed by atoms with Crippen LogP contribution in [-0.2, 0) is 19.0 Å². The quantitative estimate of drug-likeness (QED) is 0.552. The summed E-state index contributed by atoms with van der Waals surface area (Å²) in [7, 11) is 3.06. The van der Waals surface area contributed by atoms with Crippen molar-refractivity contribution in [1.29, 1.82) is 0 Å². The fourth-order valence-electron chi connectivity index (χ4n) is 1.14. The summed E-state index contributed by atoms with van der Waals surface area (Å²) in [5, 5.41) is 0. The Morgan fingerprint density at radius 3 is 2.55 bits per heavy atom. The van der Waals surface area contributed by atoms with E-state index in [0.29, 0.717) is 6.42 Å². The van der Waals surface area contributed by atoms with Crippen LogP contribution in [0.15, 0.2) is 0 Å². The molecule has 0 saturated carbocycles. The lowest BCUT2D eigenvalue weighted by molar-refractivity contribution is -0.192. The van der Waals surface area contributed by atoms with Crippen LogP contribution in [0.4, 0.5) is 0 Å². The lowest BCUT2D eigenvalue weighted by atomic mass is 10.1. The summed E-state index contributed by atoms with van der Waals surface area (Å²) in [6, 6.07) is 0. The van der Waals surface area contributed by atoms with Crippen molar-refractivity contribution in [2.45, 2.75) is 19.0 Å². The lowest BCUT2D eigenvalue weighted by Crippen LogP contribution is -2.19. The van der Waals surface area contributed by atoms with Gasteiger partial charge in [-0.05, 0) is 0 Å². The van der Waals surface area contributed by atoms with Crippen molar-refractivity contribution < 1.29 is 19.0 Å². The molecule has 1 heterocycles. The second-order valence-electron chi connectivity index (χ2n) is 2.44. The molecule has 0 spiro atoms. The monoisotopic (exact) mass is 160 g/mol. The van der Waals surface area contributed by atoms with E-state index in [2.05, 4.69) is 0 Å². The highest BCUT2D eigenvalue weighted by molar-refractivity contribution is 5.54. The minimum Gasteiger partial charge on any atom is -0.356 e. The molecule has 0 N–H and O–H groups in total. The van der Waals surface area contributed by atoms with E-state index >= 15 is 0 Å². The van der Waals surface area contributed by atoms with E-state index in [1.807, 2.05) is 0 Å². The van der Waals surface area contributed by atoms with E-state index in [1.54, 1.807) is 7.11 Å². The molecule has 1 aliphatic heterocycles. The summed E-state index contributed by atoms with van der Waals surface area (Å²) in [6.07, 6.45) is 0.693. The molecule has 64 valence electrons. The van der Waals surface area contributed by atoms with E-state index in [4.69, 9.17) is 14.2 Å². The number of ether oxygens (including phenoxy) is 3. The summed E-state index contributed by atoms with van der Waals surface area (Å²) >= 11 is 0. The molecule has 0 aromatic rings. The fraction of sp³-hybridized carbons (Fsp3) is 0.857. The molecule has 0 radical (unpaired) electrons. The third-order valence-corrected chi connectivity index (χ3v) is 1.77. The Kier molecular flexibility index (Phi) is 2.99. The van der Waals surface area contributed by atoms with Crippen molar-refractivity contribution in [2.75, 3.05) is 14.2 Å². The number of carbonyl (C=O) groups is 1. The van der Waals surface area contributed by atoms with Gasteiger partial charge in [-0.15, -0.1) is 0 Å². The van der Waals surface area contributed by atoms with Crippen LogP contribution in [0.2, 0.25) is 0 Å². The van der Waals surface area contributed by atoms with Gasteiger partial charge in [0.15, 0.2) is 12.6 Å². The Labute approximate surface area is 65.4 Å². The van der Waals surface area contributed by atoms with E-state index in [9.17, 15) is 4.79 Å². The van der Waals surface area contributed by atoms with Gasteiger partial charge in [0.1, 0.15) is 6.29 Å². The highest BCUT2D eigenvalue weighted by Gasteiger charge is 2.34. The maximum absolute atomic E-state index is 10.4. The first-order valence-electron chi connectivity index (χ1n) is 3.48. The van der Waals surface area contributed by atoms with Crippen molar-refractivity contribution in [3.8, 4) is 0 Å². The SMILES string of the molecule is CO[C@@H]1C[C@H](C=O)[C@@H](OC)O1. The summed E-state index contributed by atoms with van der Waals surface area (Å²) in [5.74, 6) is -0.190. The summed E-state index contributed by atoms with van der Waals surface area (Å²) in [4.78, 5) is 10.4. The largest absolute Gasteiger partial charge is 0.356 e. The van der Waals surface area contributed by atoms with Gasteiger partial charge in [0.2, 0.25) is 0 Å². The topological polar surface area (TPSA) is 44.8 Å². The minimum atomic E-state index is -0.433. The third-order valence-electron chi connectivity index (χ3n) is 1.77. The second-order valence-corrected chi connectivity index (χ2v) is 2.44. The molecule has 0 aliphatic carbocycles. The summed E-state index contributed by atoms with van der Waals surface area (Å²) in [6.45, 7) is 0. The van der Waals surface area contributed by atoms with Gasteiger partial charge in [-0.2, -0.15) is 0 Å². The van der Waals surface area contributed by atoms with Crippen LogP contribution in [-0.4, -0.2) is 33.1 Å². The summed E-state index contributed by atoms with van der Waals surface area (Å²) in [5.41, 5.74) is 0. The third kappa shape index (κ3) is 1.77. The Hall–Kier alpha value is -0.450. The Morgan fingerprint density at radius 1 is 1.45 bits per heavy atom. The zero-order valence-corrected chi connectivity index (χ0v) is 6.65. The van der Waals surface area contributed by atoms with Crippen LogP contribution in [0.5, 0.6) is 0 Å². The van der Waals surface area contributed by atoms with Crippen molar-refractivity contribution in [3.05, 3.63) is 0 Å². The molecule has 11 heavy (non-hydrogen) atoms. The van der Waals surface area contributed by atoms with Crippen LogP contribution in [0.1, 0.15) is 6.42 Å². The van der Waals surface area contributed by atoms with Crippen LogP contribution in [0.3, 0.4) is 0 Å². The van der Waals surface area contributed by atoms with E-state index in [1.165, 1.54) is 7.11 Å². The number of methoxy groups -OCH3 is 2. The molecule has 0 aromatic carbocycles. The van der Waals surface area contributed by atoms with Crippen LogP contribution < -0.4 is 0 Å². The highest BCUT2D eigenvalue weighted by Crippen LogP contribution is 2.25. The van der Waals surface area contributed by atoms with Crippen molar-refractivity contribution >= 4 is 6.29 Å². The van der Waals surface area contributed by atoms with Crippen LogP contribution in [0.25, 0.3) is 0 Å². The normalized spacial score (nSPS) is 37.5. The molecular formula is C7H12O4.